The molecule has 186 valence electrons. The fraction of sp³-hybridized carbons (Fsp3) is 0.185. The molecule has 0 amide bonds. The smallest absolute Gasteiger partial charge is 0.328 e. The van der Waals surface area contributed by atoms with E-state index in [1.54, 1.807) is 6.20 Å². The summed E-state index contributed by atoms with van der Waals surface area (Å²) in [6, 6.07) is 18.3. The summed E-state index contributed by atoms with van der Waals surface area (Å²) in [6.07, 6.45) is 8.15. The molecule has 36 heavy (non-hydrogen) atoms. The maximum Gasteiger partial charge on any atom is 0.328 e. The fourth-order valence-corrected chi connectivity index (χ4v) is 3.34. The summed E-state index contributed by atoms with van der Waals surface area (Å²) in [4.78, 5) is 30.4. The summed E-state index contributed by atoms with van der Waals surface area (Å²) in [5.41, 5.74) is 4.10. The van der Waals surface area contributed by atoms with Crippen LogP contribution in [-0.2, 0) is 16.1 Å². The van der Waals surface area contributed by atoms with Gasteiger partial charge in [0.1, 0.15) is 5.75 Å². The monoisotopic (exact) mass is 488 g/mol. The van der Waals surface area contributed by atoms with Gasteiger partial charge in [-0.1, -0.05) is 36.4 Å². The highest BCUT2D eigenvalue weighted by molar-refractivity contribution is 5.89. The first-order valence-corrected chi connectivity index (χ1v) is 11.3. The topological polar surface area (TPSA) is 125 Å². The van der Waals surface area contributed by atoms with Crippen LogP contribution in [0.4, 0.5) is 11.6 Å². The number of aliphatic carboxylic acids is 2. The lowest BCUT2D eigenvalue weighted by molar-refractivity contribution is -0.134. The zero-order valence-corrected chi connectivity index (χ0v) is 19.9. The average Bonchev–Trinajstić information content (AvgIpc) is 2.85. The van der Waals surface area contributed by atoms with Crippen molar-refractivity contribution in [2.75, 3.05) is 25.5 Å². The van der Waals surface area contributed by atoms with Crippen molar-refractivity contribution < 1.29 is 24.5 Å². The highest BCUT2D eigenvalue weighted by Gasteiger charge is 2.06. The highest BCUT2D eigenvalue weighted by Crippen LogP contribution is 2.24. The maximum atomic E-state index is 9.55. The van der Waals surface area contributed by atoms with Crippen molar-refractivity contribution in [3.05, 3.63) is 90.7 Å². The van der Waals surface area contributed by atoms with E-state index >= 15 is 0 Å². The first-order chi connectivity index (χ1) is 17.4. The summed E-state index contributed by atoms with van der Waals surface area (Å²) in [6.45, 7) is 2.43. The van der Waals surface area contributed by atoms with Crippen LogP contribution in [-0.4, -0.2) is 57.2 Å². The summed E-state index contributed by atoms with van der Waals surface area (Å²) >= 11 is 0. The van der Waals surface area contributed by atoms with Gasteiger partial charge in [0.25, 0.3) is 0 Å². The van der Waals surface area contributed by atoms with E-state index in [4.69, 9.17) is 14.9 Å². The number of hydrogen-bond acceptors (Lipinski definition) is 7. The van der Waals surface area contributed by atoms with Gasteiger partial charge in [-0.3, -0.25) is 4.90 Å². The summed E-state index contributed by atoms with van der Waals surface area (Å²) < 4.78 is 5.90. The Kier molecular flexibility index (Phi) is 9.72. The van der Waals surface area contributed by atoms with E-state index in [9.17, 15) is 9.59 Å². The number of carboxylic acids is 2. The SMILES string of the molecule is CN1CC=CCCOc2cccc(c2)-c2ccnc(n2)Nc2cccc(c2)C1.O=C(O)C=CC(=O)O. The van der Waals surface area contributed by atoms with Crippen LogP contribution in [0.5, 0.6) is 5.75 Å². The summed E-state index contributed by atoms with van der Waals surface area (Å²) in [5, 5.41) is 18.9. The third-order valence-electron chi connectivity index (χ3n) is 4.93. The second-order valence-corrected chi connectivity index (χ2v) is 7.93. The molecule has 0 spiro atoms. The van der Waals surface area contributed by atoms with Crippen molar-refractivity contribution in [2.24, 2.45) is 0 Å². The molecule has 4 rings (SSSR count). The van der Waals surface area contributed by atoms with Gasteiger partial charge in [-0.05, 0) is 49.4 Å². The van der Waals surface area contributed by atoms with E-state index in [1.165, 1.54) is 5.56 Å². The van der Waals surface area contributed by atoms with E-state index in [0.29, 0.717) is 24.7 Å². The predicted molar refractivity (Wildman–Crippen MR) is 137 cm³/mol. The third kappa shape index (κ3) is 9.03. The van der Waals surface area contributed by atoms with E-state index in [-0.39, 0.29) is 0 Å². The molecule has 0 fully saturated rings. The molecule has 1 aromatic heterocycles. The van der Waals surface area contributed by atoms with Gasteiger partial charge >= 0.3 is 11.9 Å². The minimum absolute atomic E-state index is 0.558. The normalized spacial score (nSPS) is 13.8. The minimum atomic E-state index is -1.26. The first kappa shape index (κ1) is 26.1. The quantitative estimate of drug-likeness (QED) is 0.356. The Morgan fingerprint density at radius 2 is 1.81 bits per heavy atom. The number of aromatic nitrogens is 2. The Morgan fingerprint density at radius 3 is 2.58 bits per heavy atom. The van der Waals surface area contributed by atoms with Crippen molar-refractivity contribution in [1.29, 1.82) is 0 Å². The standard InChI is InChI=1S/C23H24N4O.C4H4O4/c1-27-13-3-2-4-14-28-21-10-6-8-19(16-21)22-11-12-24-23(26-22)25-20-9-5-7-18(15-20)17-27;5-3(6)1-2-4(7)8/h2-3,5-12,15-16H,4,13-14,17H2,1H3,(H,24,25,26);1-2H,(H,5,6)(H,7,8). The number of carboxylic acid groups (broad SMARTS) is 2. The molecule has 1 aliphatic rings. The number of anilines is 2. The Morgan fingerprint density at radius 1 is 1.03 bits per heavy atom. The van der Waals surface area contributed by atoms with Gasteiger partial charge in [0.15, 0.2) is 0 Å². The van der Waals surface area contributed by atoms with Gasteiger partial charge in [0, 0.05) is 42.7 Å². The molecule has 0 saturated carbocycles. The van der Waals surface area contributed by atoms with E-state index in [0.717, 1.165) is 42.2 Å². The molecule has 3 aromatic rings. The van der Waals surface area contributed by atoms with E-state index < -0.39 is 11.9 Å². The van der Waals surface area contributed by atoms with Gasteiger partial charge in [-0.25, -0.2) is 19.6 Å². The van der Waals surface area contributed by atoms with Crippen LogP contribution < -0.4 is 10.1 Å². The number of hydrogen-bond donors (Lipinski definition) is 3. The zero-order valence-electron chi connectivity index (χ0n) is 19.9. The molecule has 9 nitrogen and oxygen atoms in total. The Bertz CT molecular complexity index is 1230. The second-order valence-electron chi connectivity index (χ2n) is 7.93. The van der Waals surface area contributed by atoms with Gasteiger partial charge in [0.05, 0.1) is 12.3 Å². The molecule has 2 heterocycles. The van der Waals surface area contributed by atoms with Gasteiger partial charge in [0.2, 0.25) is 5.95 Å². The number of rotatable bonds is 2. The molecular formula is C27H28N4O5. The van der Waals surface area contributed by atoms with Crippen LogP contribution in [0, 0.1) is 0 Å². The van der Waals surface area contributed by atoms with Crippen molar-refractivity contribution in [2.45, 2.75) is 13.0 Å². The first-order valence-electron chi connectivity index (χ1n) is 11.3. The lowest BCUT2D eigenvalue weighted by Crippen LogP contribution is -2.17. The van der Waals surface area contributed by atoms with E-state index in [2.05, 4.69) is 57.6 Å². The highest BCUT2D eigenvalue weighted by atomic mass is 16.5. The largest absolute Gasteiger partial charge is 0.493 e. The van der Waals surface area contributed by atoms with Crippen molar-refractivity contribution >= 4 is 23.6 Å². The number of ether oxygens (including phenoxy) is 1. The molecule has 0 atom stereocenters. The maximum absolute atomic E-state index is 9.55. The Balaban J connectivity index is 0.000000392. The molecule has 9 heteroatoms. The number of nitrogens with one attached hydrogen (secondary N) is 1. The Hall–Kier alpha value is -4.50. The van der Waals surface area contributed by atoms with Crippen LogP contribution in [0.1, 0.15) is 12.0 Å². The summed E-state index contributed by atoms with van der Waals surface area (Å²) in [5.74, 6) is -1.08. The zero-order chi connectivity index (χ0) is 25.8. The number of nitrogens with zero attached hydrogens (tertiary/aromatic N) is 3. The van der Waals surface area contributed by atoms with Gasteiger partial charge < -0.3 is 20.3 Å². The molecule has 6 bridgehead atoms. The van der Waals surface area contributed by atoms with Crippen LogP contribution >= 0.6 is 0 Å². The lowest BCUT2D eigenvalue weighted by Gasteiger charge is -2.15. The molecule has 0 aliphatic carbocycles. The number of likely N-dealkylation sites (N-methyl/N-ethyl adjacent to an activating group) is 1. The fourth-order valence-electron chi connectivity index (χ4n) is 3.34. The lowest BCUT2D eigenvalue weighted by atomic mass is 10.1. The molecule has 0 saturated heterocycles. The molecule has 3 N–H and O–H groups in total. The van der Waals surface area contributed by atoms with Crippen LogP contribution in [0.2, 0.25) is 0 Å². The Labute approximate surface area is 209 Å². The average molecular weight is 489 g/mol. The molecule has 2 aromatic carbocycles. The van der Waals surface area contributed by atoms with Crippen LogP contribution in [0.25, 0.3) is 11.3 Å². The summed E-state index contributed by atoms with van der Waals surface area (Å²) in [7, 11) is 2.12. The number of fused-ring (bicyclic) bond motifs is 7. The third-order valence-corrected chi connectivity index (χ3v) is 4.93. The van der Waals surface area contributed by atoms with Crippen molar-refractivity contribution in [3.8, 4) is 17.0 Å². The van der Waals surface area contributed by atoms with Crippen LogP contribution in [0.15, 0.2) is 85.1 Å². The van der Waals surface area contributed by atoms with E-state index in [1.807, 2.05) is 36.4 Å². The van der Waals surface area contributed by atoms with Gasteiger partial charge in [-0.2, -0.15) is 0 Å². The molecular weight excluding hydrogens is 460 g/mol. The van der Waals surface area contributed by atoms with Gasteiger partial charge in [-0.15, -0.1) is 0 Å². The number of benzene rings is 2. The molecule has 0 radical (unpaired) electrons. The van der Waals surface area contributed by atoms with Crippen molar-refractivity contribution in [3.63, 3.8) is 0 Å². The predicted octanol–water partition coefficient (Wildman–Crippen LogP) is 4.37. The second kappa shape index (κ2) is 13.4. The van der Waals surface area contributed by atoms with Crippen LogP contribution in [0.3, 0.4) is 0 Å². The molecule has 0 unspecified atom stereocenters. The van der Waals surface area contributed by atoms with Crippen molar-refractivity contribution in [1.82, 2.24) is 14.9 Å². The minimum Gasteiger partial charge on any atom is -0.493 e. The molecule has 1 aliphatic heterocycles. The number of carbonyl (C=O) groups is 2.